The van der Waals surface area contributed by atoms with Gasteiger partial charge in [0.25, 0.3) is 0 Å². The monoisotopic (exact) mass is 226 g/mol. The van der Waals surface area contributed by atoms with Gasteiger partial charge < -0.3 is 10.0 Å². The lowest BCUT2D eigenvalue weighted by atomic mass is 10.00. The largest absolute Gasteiger partial charge is 0.393 e. The Morgan fingerprint density at radius 3 is 2.38 bits per heavy atom. The van der Waals surface area contributed by atoms with Crippen LogP contribution in [0.5, 0.6) is 0 Å². The molecule has 92 valence electrons. The number of amides is 1. The molecule has 2 aliphatic heterocycles. The molecule has 4 nitrogen and oxygen atoms in total. The molecule has 0 saturated carbocycles. The summed E-state index contributed by atoms with van der Waals surface area (Å²) >= 11 is 0. The van der Waals surface area contributed by atoms with E-state index in [1.54, 1.807) is 19.0 Å². The highest BCUT2D eigenvalue weighted by molar-refractivity contribution is 5.75. The summed E-state index contributed by atoms with van der Waals surface area (Å²) in [6.45, 7) is 0.860. The first-order chi connectivity index (χ1) is 7.58. The van der Waals surface area contributed by atoms with Crippen molar-refractivity contribution in [2.24, 2.45) is 0 Å². The topological polar surface area (TPSA) is 43.8 Å². The van der Waals surface area contributed by atoms with E-state index in [9.17, 15) is 9.90 Å². The predicted molar refractivity (Wildman–Crippen MR) is 62.1 cm³/mol. The van der Waals surface area contributed by atoms with E-state index in [0.29, 0.717) is 18.5 Å². The first kappa shape index (κ1) is 11.9. The highest BCUT2D eigenvalue weighted by Gasteiger charge is 2.39. The fourth-order valence-corrected chi connectivity index (χ4v) is 3.06. The lowest BCUT2D eigenvalue weighted by Crippen LogP contribution is -2.45. The second-order valence-electron chi connectivity index (χ2n) is 5.29. The van der Waals surface area contributed by atoms with Crippen LogP contribution in [-0.4, -0.2) is 59.6 Å². The molecule has 0 aromatic heterocycles. The third-order valence-electron chi connectivity index (χ3n) is 3.94. The first-order valence-electron chi connectivity index (χ1n) is 6.22. The summed E-state index contributed by atoms with van der Waals surface area (Å²) in [5, 5.41) is 9.67. The second-order valence-corrected chi connectivity index (χ2v) is 5.29. The van der Waals surface area contributed by atoms with E-state index in [4.69, 9.17) is 0 Å². The van der Waals surface area contributed by atoms with E-state index in [1.165, 1.54) is 12.8 Å². The van der Waals surface area contributed by atoms with Crippen LogP contribution in [0.1, 0.15) is 32.1 Å². The van der Waals surface area contributed by atoms with Crippen molar-refractivity contribution in [2.75, 3.05) is 20.6 Å². The standard InChI is InChI=1S/C12H22N2O2/c1-13(2)12(16)5-6-14-9-3-4-10(14)8-11(15)7-9/h9-11,15H,3-8H2,1-2H3. The molecule has 2 unspecified atom stereocenters. The molecule has 1 amide bonds. The highest BCUT2D eigenvalue weighted by Crippen LogP contribution is 2.35. The fourth-order valence-electron chi connectivity index (χ4n) is 3.06. The number of carbonyl (C=O) groups is 1. The smallest absolute Gasteiger partial charge is 0.223 e. The van der Waals surface area contributed by atoms with Crippen molar-refractivity contribution in [2.45, 2.75) is 50.3 Å². The average Bonchev–Trinajstić information content (AvgIpc) is 2.45. The van der Waals surface area contributed by atoms with Crippen LogP contribution in [-0.2, 0) is 4.79 Å². The van der Waals surface area contributed by atoms with Crippen LogP contribution in [0, 0.1) is 0 Å². The van der Waals surface area contributed by atoms with Crippen LogP contribution < -0.4 is 0 Å². The lowest BCUT2D eigenvalue weighted by molar-refractivity contribution is -0.129. The Kier molecular flexibility index (Phi) is 3.50. The zero-order valence-electron chi connectivity index (χ0n) is 10.2. The molecule has 0 aromatic carbocycles. The molecule has 2 saturated heterocycles. The van der Waals surface area contributed by atoms with Crippen LogP contribution in [0.25, 0.3) is 0 Å². The molecule has 2 heterocycles. The highest BCUT2D eigenvalue weighted by atomic mass is 16.3. The third-order valence-corrected chi connectivity index (χ3v) is 3.94. The Bertz CT molecular complexity index is 254. The maximum Gasteiger partial charge on any atom is 0.223 e. The SMILES string of the molecule is CN(C)C(=O)CCN1C2CCC1CC(O)C2. The van der Waals surface area contributed by atoms with Gasteiger partial charge in [0.15, 0.2) is 0 Å². The summed E-state index contributed by atoms with van der Waals surface area (Å²) in [6, 6.07) is 1.03. The molecule has 0 aromatic rings. The van der Waals surface area contributed by atoms with Gasteiger partial charge in [0, 0.05) is 39.1 Å². The summed E-state index contributed by atoms with van der Waals surface area (Å²) in [7, 11) is 3.60. The van der Waals surface area contributed by atoms with Crippen LogP contribution in [0.2, 0.25) is 0 Å². The van der Waals surface area contributed by atoms with Crippen molar-refractivity contribution in [1.82, 2.24) is 9.80 Å². The van der Waals surface area contributed by atoms with E-state index in [0.717, 1.165) is 19.4 Å². The minimum atomic E-state index is -0.113. The van der Waals surface area contributed by atoms with Gasteiger partial charge in [0.05, 0.1) is 6.10 Å². The molecular formula is C12H22N2O2. The molecule has 1 N–H and O–H groups in total. The number of hydrogen-bond donors (Lipinski definition) is 1. The normalized spacial score (nSPS) is 34.1. The minimum Gasteiger partial charge on any atom is -0.393 e. The van der Waals surface area contributed by atoms with Gasteiger partial charge in [-0.05, 0) is 25.7 Å². The van der Waals surface area contributed by atoms with Crippen molar-refractivity contribution >= 4 is 5.91 Å². The maximum atomic E-state index is 11.5. The summed E-state index contributed by atoms with van der Waals surface area (Å²) in [5.41, 5.74) is 0. The number of piperidine rings is 1. The van der Waals surface area contributed by atoms with E-state index in [-0.39, 0.29) is 12.0 Å². The van der Waals surface area contributed by atoms with Gasteiger partial charge in [-0.15, -0.1) is 0 Å². The maximum absolute atomic E-state index is 11.5. The Labute approximate surface area is 97.2 Å². The Morgan fingerprint density at radius 1 is 1.31 bits per heavy atom. The van der Waals surface area contributed by atoms with Gasteiger partial charge in [-0.3, -0.25) is 9.69 Å². The van der Waals surface area contributed by atoms with Crippen LogP contribution in [0.15, 0.2) is 0 Å². The molecule has 2 atom stereocenters. The van der Waals surface area contributed by atoms with Crippen molar-refractivity contribution in [3.63, 3.8) is 0 Å². The van der Waals surface area contributed by atoms with Crippen molar-refractivity contribution in [1.29, 1.82) is 0 Å². The second kappa shape index (κ2) is 4.72. The van der Waals surface area contributed by atoms with Gasteiger partial charge in [-0.25, -0.2) is 0 Å². The van der Waals surface area contributed by atoms with E-state index in [1.807, 2.05) is 0 Å². The van der Waals surface area contributed by atoms with E-state index < -0.39 is 0 Å². The molecule has 4 heteroatoms. The Balaban J connectivity index is 1.85. The summed E-state index contributed by atoms with van der Waals surface area (Å²) in [6.07, 6.45) is 4.67. The van der Waals surface area contributed by atoms with Gasteiger partial charge in [-0.1, -0.05) is 0 Å². The number of carbonyl (C=O) groups excluding carboxylic acids is 1. The van der Waals surface area contributed by atoms with E-state index in [2.05, 4.69) is 4.90 Å². The zero-order valence-corrected chi connectivity index (χ0v) is 10.2. The summed E-state index contributed by atoms with van der Waals surface area (Å²) in [5.74, 6) is 0.200. The van der Waals surface area contributed by atoms with Crippen molar-refractivity contribution in [3.05, 3.63) is 0 Å². The summed E-state index contributed by atoms with van der Waals surface area (Å²) in [4.78, 5) is 15.6. The number of hydrogen-bond acceptors (Lipinski definition) is 3. The van der Waals surface area contributed by atoms with Gasteiger partial charge >= 0.3 is 0 Å². The number of aliphatic hydroxyl groups excluding tert-OH is 1. The average molecular weight is 226 g/mol. The van der Waals surface area contributed by atoms with Gasteiger partial charge in [-0.2, -0.15) is 0 Å². The van der Waals surface area contributed by atoms with Crippen LogP contribution in [0.4, 0.5) is 0 Å². The predicted octanol–water partition coefficient (Wildman–Crippen LogP) is 0.452. The first-order valence-corrected chi connectivity index (χ1v) is 6.22. The molecule has 0 spiro atoms. The van der Waals surface area contributed by atoms with Crippen LogP contribution >= 0.6 is 0 Å². The molecule has 2 bridgehead atoms. The molecule has 16 heavy (non-hydrogen) atoms. The number of rotatable bonds is 3. The minimum absolute atomic E-state index is 0.113. The van der Waals surface area contributed by atoms with Crippen molar-refractivity contribution in [3.8, 4) is 0 Å². The van der Waals surface area contributed by atoms with Gasteiger partial charge in [0.1, 0.15) is 0 Å². The summed E-state index contributed by atoms with van der Waals surface area (Å²) < 4.78 is 0. The Morgan fingerprint density at radius 2 is 1.88 bits per heavy atom. The lowest BCUT2D eigenvalue weighted by Gasteiger charge is -2.37. The number of nitrogens with zero attached hydrogens (tertiary/aromatic N) is 2. The molecule has 2 aliphatic rings. The third kappa shape index (κ3) is 2.38. The molecule has 0 radical (unpaired) electrons. The molecule has 2 fully saturated rings. The van der Waals surface area contributed by atoms with Crippen LogP contribution in [0.3, 0.4) is 0 Å². The number of aliphatic hydroxyl groups is 1. The quantitative estimate of drug-likeness (QED) is 0.760. The fraction of sp³-hybridized carbons (Fsp3) is 0.917. The van der Waals surface area contributed by atoms with Crippen molar-refractivity contribution < 1.29 is 9.90 Å². The van der Waals surface area contributed by atoms with Gasteiger partial charge in [0.2, 0.25) is 5.91 Å². The molecule has 0 aliphatic carbocycles. The number of fused-ring (bicyclic) bond motifs is 2. The molecule has 2 rings (SSSR count). The Hall–Kier alpha value is -0.610. The zero-order chi connectivity index (χ0) is 11.7. The van der Waals surface area contributed by atoms with E-state index >= 15 is 0 Å². The molecular weight excluding hydrogens is 204 g/mol.